The molecule has 1 heterocycles. The van der Waals surface area contributed by atoms with Gasteiger partial charge < -0.3 is 14.2 Å². The molecule has 0 aromatic heterocycles. The van der Waals surface area contributed by atoms with Crippen LogP contribution < -0.4 is 5.19 Å². The summed E-state index contributed by atoms with van der Waals surface area (Å²) in [5, 5.41) is 1.36. The second-order valence-electron chi connectivity index (χ2n) is 9.60. The van der Waals surface area contributed by atoms with E-state index in [0.717, 1.165) is 18.9 Å². The number of Topliss-reactive ketones (excluding diaryl/α,β-unsaturated/α-hetero) is 1. The predicted octanol–water partition coefficient (Wildman–Crippen LogP) is 3.28. The number of ether oxygens (including phenoxy) is 3. The third-order valence-electron chi connectivity index (χ3n) is 7.54. The molecule has 0 unspecified atom stereocenters. The molecule has 0 N–H and O–H groups in total. The number of hydrogen-bond donors (Lipinski definition) is 0. The van der Waals surface area contributed by atoms with Gasteiger partial charge in [0.15, 0.2) is 5.79 Å². The lowest BCUT2D eigenvalue weighted by molar-refractivity contribution is -0.229. The molecule has 1 spiro atoms. The van der Waals surface area contributed by atoms with E-state index in [1.165, 1.54) is 12.3 Å². The van der Waals surface area contributed by atoms with Gasteiger partial charge in [0.05, 0.1) is 33.8 Å². The fraction of sp³-hybridized carbons (Fsp3) is 0.652. The number of carbonyl (C=O) groups is 2. The average molecular weight is 417 g/mol. The minimum absolute atomic E-state index is 0.00473. The molecule has 3 aliphatic rings. The number of ketones is 1. The maximum absolute atomic E-state index is 13.1. The highest BCUT2D eigenvalue weighted by Gasteiger charge is 2.62. The first-order chi connectivity index (χ1) is 13.8. The number of methoxy groups -OCH3 is 1. The van der Waals surface area contributed by atoms with Crippen LogP contribution in [0.4, 0.5) is 0 Å². The van der Waals surface area contributed by atoms with Gasteiger partial charge in [-0.05, 0) is 24.8 Å². The first-order valence-electron chi connectivity index (χ1n) is 10.8. The molecule has 1 aromatic rings. The van der Waals surface area contributed by atoms with Crippen LogP contribution in [-0.4, -0.2) is 45.9 Å². The van der Waals surface area contributed by atoms with Gasteiger partial charge >= 0.3 is 5.97 Å². The number of rotatable bonds is 4. The van der Waals surface area contributed by atoms with Gasteiger partial charge in [-0.15, -0.1) is 0 Å². The summed E-state index contributed by atoms with van der Waals surface area (Å²) in [7, 11) is -0.380. The molecule has 1 aromatic carbocycles. The Kier molecular flexibility index (Phi) is 5.47. The number of carbonyl (C=O) groups excluding carboxylic acids is 2. The van der Waals surface area contributed by atoms with Crippen molar-refractivity contribution in [1.82, 2.24) is 0 Å². The first-order valence-corrected chi connectivity index (χ1v) is 14.0. The van der Waals surface area contributed by atoms with Crippen LogP contribution in [0.5, 0.6) is 0 Å². The number of hydrogen-bond acceptors (Lipinski definition) is 5. The third-order valence-corrected chi connectivity index (χ3v) is 10.9. The molecule has 1 aliphatic heterocycles. The van der Waals surface area contributed by atoms with Crippen molar-refractivity contribution in [2.75, 3.05) is 20.3 Å². The molecule has 1 saturated heterocycles. The Labute approximate surface area is 174 Å². The highest BCUT2D eigenvalue weighted by Crippen LogP contribution is 2.58. The molecule has 2 aliphatic carbocycles. The summed E-state index contributed by atoms with van der Waals surface area (Å²) in [5.41, 5.74) is -0.683. The number of benzene rings is 1. The summed E-state index contributed by atoms with van der Waals surface area (Å²) >= 11 is 0. The van der Waals surface area contributed by atoms with Gasteiger partial charge in [-0.1, -0.05) is 48.6 Å². The maximum Gasteiger partial charge on any atom is 0.312 e. The molecule has 3 atom stereocenters. The quantitative estimate of drug-likeness (QED) is 0.557. The molecule has 3 fully saturated rings. The van der Waals surface area contributed by atoms with Gasteiger partial charge in [0, 0.05) is 25.2 Å². The summed E-state index contributed by atoms with van der Waals surface area (Å²) in [6.45, 7) is 5.80. The van der Waals surface area contributed by atoms with Crippen molar-refractivity contribution in [2.24, 2.45) is 17.3 Å². The monoisotopic (exact) mass is 416 g/mol. The van der Waals surface area contributed by atoms with Gasteiger partial charge in [0.1, 0.15) is 5.78 Å². The summed E-state index contributed by atoms with van der Waals surface area (Å²) in [6, 6.07) is 11.4. The van der Waals surface area contributed by atoms with E-state index in [2.05, 4.69) is 37.4 Å². The normalized spacial score (nSPS) is 31.5. The van der Waals surface area contributed by atoms with Crippen molar-refractivity contribution in [2.45, 2.75) is 57.0 Å². The molecule has 5 nitrogen and oxygen atoms in total. The molecule has 4 rings (SSSR count). The van der Waals surface area contributed by atoms with Crippen LogP contribution in [0, 0.1) is 17.3 Å². The van der Waals surface area contributed by atoms with Crippen molar-refractivity contribution in [3.8, 4) is 0 Å². The van der Waals surface area contributed by atoms with Crippen LogP contribution in [-0.2, 0) is 23.8 Å². The molecule has 158 valence electrons. The van der Waals surface area contributed by atoms with E-state index in [4.69, 9.17) is 14.2 Å². The van der Waals surface area contributed by atoms with E-state index >= 15 is 0 Å². The zero-order valence-corrected chi connectivity index (χ0v) is 18.7. The fourth-order valence-electron chi connectivity index (χ4n) is 6.05. The lowest BCUT2D eigenvalue weighted by Gasteiger charge is -2.53. The molecular formula is C23H32O5Si. The Hall–Kier alpha value is -1.50. The lowest BCUT2D eigenvalue weighted by atomic mass is 9.54. The van der Waals surface area contributed by atoms with Crippen molar-refractivity contribution in [3.63, 3.8) is 0 Å². The van der Waals surface area contributed by atoms with Gasteiger partial charge in [-0.2, -0.15) is 0 Å². The molecule has 0 amide bonds. The summed E-state index contributed by atoms with van der Waals surface area (Å²) in [4.78, 5) is 26.2. The van der Waals surface area contributed by atoms with Gasteiger partial charge in [0.25, 0.3) is 0 Å². The Bertz CT molecular complexity index is 771. The van der Waals surface area contributed by atoms with Crippen LogP contribution in [0.15, 0.2) is 30.3 Å². The second kappa shape index (κ2) is 7.64. The zero-order chi connectivity index (χ0) is 20.7. The van der Waals surface area contributed by atoms with Crippen molar-refractivity contribution in [1.29, 1.82) is 0 Å². The predicted molar refractivity (Wildman–Crippen MR) is 113 cm³/mol. The van der Waals surface area contributed by atoms with Crippen molar-refractivity contribution < 1.29 is 23.8 Å². The fourth-order valence-corrected chi connectivity index (χ4v) is 9.00. The van der Waals surface area contributed by atoms with Crippen molar-refractivity contribution in [3.05, 3.63) is 30.3 Å². The number of esters is 1. The minimum atomic E-state index is -1.84. The molecule has 2 saturated carbocycles. The van der Waals surface area contributed by atoms with E-state index in [-0.39, 0.29) is 17.8 Å². The smallest absolute Gasteiger partial charge is 0.312 e. The van der Waals surface area contributed by atoms with Crippen LogP contribution >= 0.6 is 0 Å². The molecule has 29 heavy (non-hydrogen) atoms. The molecule has 0 radical (unpaired) electrons. The lowest BCUT2D eigenvalue weighted by Crippen LogP contribution is -2.58. The Balaban J connectivity index is 1.66. The van der Waals surface area contributed by atoms with Crippen LogP contribution in [0.25, 0.3) is 0 Å². The Morgan fingerprint density at radius 1 is 1.17 bits per heavy atom. The van der Waals surface area contributed by atoms with E-state index < -0.39 is 19.3 Å². The topological polar surface area (TPSA) is 61.8 Å². The third kappa shape index (κ3) is 3.60. The Morgan fingerprint density at radius 3 is 2.52 bits per heavy atom. The zero-order valence-electron chi connectivity index (χ0n) is 17.7. The highest BCUT2D eigenvalue weighted by atomic mass is 28.3. The van der Waals surface area contributed by atoms with E-state index in [1.807, 2.05) is 6.07 Å². The second-order valence-corrected chi connectivity index (χ2v) is 14.4. The summed E-state index contributed by atoms with van der Waals surface area (Å²) in [5.74, 6) is -0.650. The van der Waals surface area contributed by atoms with Crippen LogP contribution in [0.3, 0.4) is 0 Å². The molecule has 6 heteroatoms. The van der Waals surface area contributed by atoms with Gasteiger partial charge in [0.2, 0.25) is 0 Å². The SMILES string of the molecule is COC(=O)[C@@]12CCC(=O)[C@H](C[Si](C)(C)c3ccccc3)[C@H]1CCC1(C2)OCCO1. The molecular weight excluding hydrogens is 384 g/mol. The van der Waals surface area contributed by atoms with Gasteiger partial charge in [-0.25, -0.2) is 0 Å². The standard InChI is InChI=1S/C23H32O5Si/c1-26-21(25)22-11-10-20(24)18(15-29(2,3)17-7-5-4-6-8-17)19(22)9-12-23(16-22)27-13-14-28-23/h4-8,18-19H,9-16H2,1-3H3/t18-,19-,22-/m1/s1. The molecule has 0 bridgehead atoms. The van der Waals surface area contributed by atoms with Gasteiger partial charge in [-0.3, -0.25) is 9.59 Å². The van der Waals surface area contributed by atoms with E-state index in [9.17, 15) is 9.59 Å². The summed E-state index contributed by atoms with van der Waals surface area (Å²) < 4.78 is 17.3. The van der Waals surface area contributed by atoms with Crippen LogP contribution in [0.2, 0.25) is 19.1 Å². The van der Waals surface area contributed by atoms with Crippen LogP contribution in [0.1, 0.15) is 32.1 Å². The maximum atomic E-state index is 13.1. The van der Waals surface area contributed by atoms with Crippen molar-refractivity contribution >= 4 is 25.0 Å². The number of fused-ring (bicyclic) bond motifs is 1. The Morgan fingerprint density at radius 2 is 1.86 bits per heavy atom. The van der Waals surface area contributed by atoms with E-state index in [0.29, 0.717) is 38.3 Å². The average Bonchev–Trinajstić information content (AvgIpc) is 3.17. The first kappa shape index (κ1) is 20.8. The van der Waals surface area contributed by atoms with E-state index in [1.54, 1.807) is 0 Å². The minimum Gasteiger partial charge on any atom is -0.469 e. The highest BCUT2D eigenvalue weighted by molar-refractivity contribution is 6.90. The largest absolute Gasteiger partial charge is 0.469 e. The summed E-state index contributed by atoms with van der Waals surface area (Å²) in [6.07, 6.45) is 3.00.